The lowest BCUT2D eigenvalue weighted by molar-refractivity contribution is -0.0540. The highest BCUT2D eigenvalue weighted by Crippen LogP contribution is 2.46. The maximum atomic E-state index is 14.2. The normalized spacial score (nSPS) is 28.2. The topological polar surface area (TPSA) is 47.3 Å². The van der Waals surface area contributed by atoms with Crippen LogP contribution in [-0.4, -0.2) is 34.0 Å². The number of aliphatic hydroxyl groups excluding tert-OH is 1. The van der Waals surface area contributed by atoms with Crippen molar-refractivity contribution in [2.24, 2.45) is 5.92 Å². The molecular weight excluding hydrogens is 259 g/mol. The number of nitrogens with zero attached hydrogens (tertiary/aromatic N) is 2. The Morgan fingerprint density at radius 1 is 1.40 bits per heavy atom. The first kappa shape index (κ1) is 12.1. The number of aromatic nitrogens is 2. The van der Waals surface area contributed by atoms with Crippen molar-refractivity contribution >= 4 is 0 Å². The van der Waals surface area contributed by atoms with Gasteiger partial charge in [0.1, 0.15) is 5.82 Å². The van der Waals surface area contributed by atoms with Crippen molar-refractivity contribution in [2.45, 2.75) is 18.6 Å². The van der Waals surface area contributed by atoms with Crippen molar-refractivity contribution in [3.05, 3.63) is 42.1 Å². The summed E-state index contributed by atoms with van der Waals surface area (Å²) in [5.41, 5.74) is 2.35. The van der Waals surface area contributed by atoms with Crippen LogP contribution in [0.4, 0.5) is 4.39 Å². The van der Waals surface area contributed by atoms with Gasteiger partial charge >= 0.3 is 0 Å². The zero-order valence-electron chi connectivity index (χ0n) is 10.9. The van der Waals surface area contributed by atoms with Gasteiger partial charge in [0.05, 0.1) is 37.0 Å². The highest BCUT2D eigenvalue weighted by Gasteiger charge is 2.40. The van der Waals surface area contributed by atoms with Crippen LogP contribution in [0.3, 0.4) is 0 Å². The molecule has 0 spiro atoms. The molecule has 20 heavy (non-hydrogen) atoms. The lowest BCUT2D eigenvalue weighted by Crippen LogP contribution is -2.37. The van der Waals surface area contributed by atoms with Gasteiger partial charge in [0.25, 0.3) is 0 Å². The van der Waals surface area contributed by atoms with Crippen molar-refractivity contribution in [1.29, 1.82) is 0 Å². The van der Waals surface area contributed by atoms with E-state index >= 15 is 0 Å². The summed E-state index contributed by atoms with van der Waals surface area (Å²) >= 11 is 0. The Morgan fingerprint density at radius 3 is 3.15 bits per heavy atom. The number of ether oxygens (including phenoxy) is 1. The van der Waals surface area contributed by atoms with Crippen molar-refractivity contribution < 1.29 is 14.2 Å². The zero-order chi connectivity index (χ0) is 13.7. The Bertz CT molecular complexity index is 655. The molecule has 3 atom stereocenters. The van der Waals surface area contributed by atoms with E-state index in [4.69, 9.17) is 4.74 Å². The second kappa shape index (κ2) is 4.40. The molecule has 0 bridgehead atoms. The van der Waals surface area contributed by atoms with Crippen LogP contribution < -0.4 is 0 Å². The highest BCUT2D eigenvalue weighted by atomic mass is 19.1. The van der Waals surface area contributed by atoms with Crippen molar-refractivity contribution in [3.63, 3.8) is 0 Å². The van der Waals surface area contributed by atoms with Gasteiger partial charge in [-0.1, -0.05) is 12.1 Å². The standard InChI is InChI=1S/C15H15FN2O2/c16-11-3-1-2-10-14(11)12-6-17-8-18(12)15(10)9-4-5-20-7-13(9)19/h1-3,6,8-9,13,15,19H,4-5,7H2/t9-,13-,15-/m0/s1. The largest absolute Gasteiger partial charge is 0.390 e. The van der Waals surface area contributed by atoms with E-state index in [0.29, 0.717) is 18.8 Å². The Labute approximate surface area is 115 Å². The predicted octanol–water partition coefficient (Wildman–Crippen LogP) is 1.99. The van der Waals surface area contributed by atoms with E-state index in [1.807, 2.05) is 10.6 Å². The molecule has 0 unspecified atom stereocenters. The average Bonchev–Trinajstić information content (AvgIpc) is 3.00. The fourth-order valence-electron chi connectivity index (χ4n) is 3.47. The molecule has 1 saturated heterocycles. The third-order valence-electron chi connectivity index (χ3n) is 4.37. The Morgan fingerprint density at radius 2 is 2.30 bits per heavy atom. The lowest BCUT2D eigenvalue weighted by atomic mass is 9.85. The van der Waals surface area contributed by atoms with Crippen LogP contribution in [0.5, 0.6) is 0 Å². The fraction of sp³-hybridized carbons (Fsp3) is 0.400. The van der Waals surface area contributed by atoms with E-state index in [1.54, 1.807) is 18.6 Å². The molecule has 4 rings (SSSR count). The van der Waals surface area contributed by atoms with Crippen molar-refractivity contribution in [3.8, 4) is 11.3 Å². The molecule has 1 aromatic carbocycles. The summed E-state index contributed by atoms with van der Waals surface area (Å²) in [5.74, 6) is -0.201. The minimum atomic E-state index is -0.529. The van der Waals surface area contributed by atoms with E-state index in [2.05, 4.69) is 4.98 Å². The molecule has 0 amide bonds. The number of aliphatic hydroxyl groups is 1. The van der Waals surface area contributed by atoms with E-state index in [1.165, 1.54) is 6.07 Å². The fourth-order valence-corrected chi connectivity index (χ4v) is 3.47. The molecular formula is C15H15FN2O2. The molecule has 0 aliphatic carbocycles. The highest BCUT2D eigenvalue weighted by molar-refractivity contribution is 5.69. The first-order chi connectivity index (χ1) is 9.77. The minimum absolute atomic E-state index is 0.0275. The van der Waals surface area contributed by atoms with Gasteiger partial charge in [0.2, 0.25) is 0 Å². The molecule has 3 heterocycles. The van der Waals surface area contributed by atoms with E-state index < -0.39 is 6.10 Å². The molecule has 104 valence electrons. The smallest absolute Gasteiger partial charge is 0.132 e. The van der Waals surface area contributed by atoms with Gasteiger partial charge < -0.3 is 14.4 Å². The van der Waals surface area contributed by atoms with Crippen LogP contribution in [-0.2, 0) is 4.74 Å². The second-order valence-electron chi connectivity index (χ2n) is 5.43. The number of rotatable bonds is 1. The predicted molar refractivity (Wildman–Crippen MR) is 70.7 cm³/mol. The molecule has 4 nitrogen and oxygen atoms in total. The summed E-state index contributed by atoms with van der Waals surface area (Å²) in [7, 11) is 0. The van der Waals surface area contributed by atoms with Crippen molar-refractivity contribution in [1.82, 2.24) is 9.55 Å². The number of halogens is 1. The maximum absolute atomic E-state index is 14.2. The SMILES string of the molecule is O[C@H]1COCC[C@@H]1[C@H]1c2cccc(F)c2-c2cncn21. The third-order valence-corrected chi connectivity index (χ3v) is 4.37. The van der Waals surface area contributed by atoms with E-state index in [9.17, 15) is 9.50 Å². The van der Waals surface area contributed by atoms with Gasteiger partial charge in [-0.25, -0.2) is 9.37 Å². The van der Waals surface area contributed by atoms with Crippen LogP contribution in [0.25, 0.3) is 11.3 Å². The maximum Gasteiger partial charge on any atom is 0.132 e. The summed E-state index contributed by atoms with van der Waals surface area (Å²) in [5, 5.41) is 10.2. The van der Waals surface area contributed by atoms with Gasteiger partial charge in [-0.15, -0.1) is 0 Å². The van der Waals surface area contributed by atoms with E-state index in [-0.39, 0.29) is 17.8 Å². The van der Waals surface area contributed by atoms with Gasteiger partial charge in [0, 0.05) is 18.1 Å². The molecule has 5 heteroatoms. The van der Waals surface area contributed by atoms with Crippen LogP contribution in [0.1, 0.15) is 18.0 Å². The van der Waals surface area contributed by atoms with Crippen LogP contribution in [0.2, 0.25) is 0 Å². The summed E-state index contributed by atoms with van der Waals surface area (Å²) < 4.78 is 21.4. The molecule has 1 aromatic heterocycles. The van der Waals surface area contributed by atoms with Crippen LogP contribution in [0, 0.1) is 11.7 Å². The van der Waals surface area contributed by atoms with E-state index in [0.717, 1.165) is 17.7 Å². The molecule has 2 aromatic rings. The van der Waals surface area contributed by atoms with Gasteiger partial charge in [0.15, 0.2) is 0 Å². The number of hydrogen-bond donors (Lipinski definition) is 1. The first-order valence-corrected chi connectivity index (χ1v) is 6.84. The zero-order valence-corrected chi connectivity index (χ0v) is 10.9. The Kier molecular flexibility index (Phi) is 2.65. The summed E-state index contributed by atoms with van der Waals surface area (Å²) in [6, 6.07) is 5.08. The number of hydrogen-bond acceptors (Lipinski definition) is 3. The van der Waals surface area contributed by atoms with Crippen LogP contribution >= 0.6 is 0 Å². The molecule has 2 aliphatic heterocycles. The molecule has 1 N–H and O–H groups in total. The molecule has 0 saturated carbocycles. The van der Waals surface area contributed by atoms with Gasteiger partial charge in [-0.05, 0) is 18.1 Å². The second-order valence-corrected chi connectivity index (χ2v) is 5.43. The summed E-state index contributed by atoms with van der Waals surface area (Å²) in [6.45, 7) is 0.975. The average molecular weight is 274 g/mol. The molecule has 2 aliphatic rings. The summed E-state index contributed by atoms with van der Waals surface area (Å²) in [6.07, 6.45) is 3.65. The quantitative estimate of drug-likeness (QED) is 0.865. The van der Waals surface area contributed by atoms with Crippen molar-refractivity contribution in [2.75, 3.05) is 13.2 Å². The van der Waals surface area contributed by atoms with Crippen LogP contribution in [0.15, 0.2) is 30.7 Å². The lowest BCUT2D eigenvalue weighted by Gasteiger charge is -2.33. The Hall–Kier alpha value is -1.72. The first-order valence-electron chi connectivity index (χ1n) is 6.84. The number of imidazole rings is 1. The third kappa shape index (κ3) is 1.57. The minimum Gasteiger partial charge on any atom is -0.390 e. The monoisotopic (exact) mass is 274 g/mol. The number of fused-ring (bicyclic) bond motifs is 3. The summed E-state index contributed by atoms with van der Waals surface area (Å²) in [4.78, 5) is 4.14. The Balaban J connectivity index is 1.87. The van der Waals surface area contributed by atoms with Gasteiger partial charge in [-0.3, -0.25) is 0 Å². The molecule has 0 radical (unpaired) electrons. The number of benzene rings is 1. The van der Waals surface area contributed by atoms with Gasteiger partial charge in [-0.2, -0.15) is 0 Å². The molecule has 1 fully saturated rings.